The van der Waals surface area contributed by atoms with Gasteiger partial charge in [-0.15, -0.1) is 0 Å². The van der Waals surface area contributed by atoms with Crippen molar-refractivity contribution >= 4 is 5.91 Å². The van der Waals surface area contributed by atoms with E-state index in [1.807, 2.05) is 0 Å². The van der Waals surface area contributed by atoms with E-state index >= 15 is 0 Å². The molecule has 0 atom stereocenters. The normalized spacial score (nSPS) is 38.8. The van der Waals surface area contributed by atoms with Gasteiger partial charge in [-0.1, -0.05) is 0 Å². The maximum absolute atomic E-state index is 12.8. The minimum Gasteiger partial charge on any atom is -0.340 e. The SMILES string of the molecule is CNC1CC2(C1)CC(C(=O)N1CCN(C3CCN(C)CC3)CC1)C2. The molecule has 0 radical (unpaired) electrons. The molecular formula is C19H34N4O. The lowest BCUT2D eigenvalue weighted by Gasteiger charge is -2.58. The van der Waals surface area contributed by atoms with Crippen molar-refractivity contribution in [3.63, 3.8) is 0 Å². The van der Waals surface area contributed by atoms with Gasteiger partial charge in [0, 0.05) is 44.2 Å². The van der Waals surface area contributed by atoms with Crippen LogP contribution in [-0.4, -0.2) is 86.1 Å². The van der Waals surface area contributed by atoms with Crippen LogP contribution in [0.15, 0.2) is 0 Å². The third kappa shape index (κ3) is 3.11. The first kappa shape index (κ1) is 16.8. The summed E-state index contributed by atoms with van der Waals surface area (Å²) in [6, 6.07) is 1.46. The van der Waals surface area contributed by atoms with Crippen molar-refractivity contribution in [3.05, 3.63) is 0 Å². The van der Waals surface area contributed by atoms with Crippen LogP contribution in [0.5, 0.6) is 0 Å². The highest BCUT2D eigenvalue weighted by atomic mass is 16.2. The van der Waals surface area contributed by atoms with E-state index in [0.717, 1.165) is 45.1 Å². The molecule has 4 aliphatic rings. The van der Waals surface area contributed by atoms with Gasteiger partial charge in [0.15, 0.2) is 0 Å². The van der Waals surface area contributed by atoms with Crippen LogP contribution in [0.3, 0.4) is 0 Å². The third-order valence-electron chi connectivity index (χ3n) is 7.31. The van der Waals surface area contributed by atoms with Crippen LogP contribution in [0.25, 0.3) is 0 Å². The molecule has 2 saturated carbocycles. The van der Waals surface area contributed by atoms with Gasteiger partial charge >= 0.3 is 0 Å². The maximum Gasteiger partial charge on any atom is 0.225 e. The fourth-order valence-electron chi connectivity index (χ4n) is 5.61. The quantitative estimate of drug-likeness (QED) is 0.836. The van der Waals surface area contributed by atoms with E-state index in [2.05, 4.69) is 34.1 Å². The van der Waals surface area contributed by atoms with Gasteiger partial charge in [0.1, 0.15) is 0 Å². The molecule has 0 bridgehead atoms. The summed E-state index contributed by atoms with van der Waals surface area (Å²) in [5.41, 5.74) is 0.532. The standard InChI is InChI=1S/C19H34N4O/c1-20-16-13-19(14-16)11-15(12-19)18(24)23-9-7-22(8-10-23)17-3-5-21(2)6-4-17/h15-17,20H,3-14H2,1-2H3. The fraction of sp³-hybridized carbons (Fsp3) is 0.947. The van der Waals surface area contributed by atoms with Crippen molar-refractivity contribution in [2.75, 3.05) is 53.4 Å². The topological polar surface area (TPSA) is 38.8 Å². The zero-order valence-electron chi connectivity index (χ0n) is 15.5. The molecule has 2 aliphatic carbocycles. The zero-order valence-corrected chi connectivity index (χ0v) is 15.5. The van der Waals surface area contributed by atoms with E-state index in [0.29, 0.717) is 23.3 Å². The molecule has 5 nitrogen and oxygen atoms in total. The van der Waals surface area contributed by atoms with Gasteiger partial charge in [-0.05, 0) is 71.1 Å². The summed E-state index contributed by atoms with van der Waals surface area (Å²) in [6.07, 6.45) is 7.47. The molecule has 2 aliphatic heterocycles. The highest BCUT2D eigenvalue weighted by Crippen LogP contribution is 2.59. The fourth-order valence-corrected chi connectivity index (χ4v) is 5.61. The molecule has 1 spiro atoms. The second kappa shape index (κ2) is 6.58. The number of likely N-dealkylation sites (tertiary alicyclic amines) is 1. The van der Waals surface area contributed by atoms with Gasteiger partial charge in [-0.25, -0.2) is 0 Å². The first-order valence-electron chi connectivity index (χ1n) is 9.97. The molecule has 5 heteroatoms. The second-order valence-electron chi connectivity index (χ2n) is 8.89. The van der Waals surface area contributed by atoms with Gasteiger partial charge in [-0.3, -0.25) is 9.69 Å². The van der Waals surface area contributed by atoms with Crippen molar-refractivity contribution in [1.29, 1.82) is 0 Å². The molecule has 0 aromatic rings. The lowest BCUT2D eigenvalue weighted by atomic mass is 9.50. The average molecular weight is 335 g/mol. The number of carbonyl (C=O) groups excluding carboxylic acids is 1. The van der Waals surface area contributed by atoms with E-state index in [9.17, 15) is 4.79 Å². The molecule has 136 valence electrons. The summed E-state index contributed by atoms with van der Waals surface area (Å²) in [7, 11) is 4.28. The summed E-state index contributed by atoms with van der Waals surface area (Å²) in [6.45, 7) is 6.52. The van der Waals surface area contributed by atoms with E-state index in [1.165, 1.54) is 38.8 Å². The van der Waals surface area contributed by atoms with E-state index < -0.39 is 0 Å². The molecule has 4 rings (SSSR count). The van der Waals surface area contributed by atoms with E-state index in [1.54, 1.807) is 0 Å². The molecule has 0 aromatic heterocycles. The van der Waals surface area contributed by atoms with Crippen molar-refractivity contribution in [2.45, 2.75) is 50.6 Å². The van der Waals surface area contributed by atoms with Crippen LogP contribution in [0.2, 0.25) is 0 Å². The summed E-state index contributed by atoms with van der Waals surface area (Å²) in [5.74, 6) is 0.786. The first-order valence-corrected chi connectivity index (χ1v) is 9.97. The highest BCUT2D eigenvalue weighted by molar-refractivity contribution is 5.80. The molecule has 1 N–H and O–H groups in total. The van der Waals surface area contributed by atoms with Crippen molar-refractivity contribution in [2.24, 2.45) is 11.3 Å². The predicted molar refractivity (Wildman–Crippen MR) is 95.9 cm³/mol. The highest BCUT2D eigenvalue weighted by Gasteiger charge is 2.55. The number of amides is 1. The first-order chi connectivity index (χ1) is 11.6. The number of rotatable bonds is 3. The molecule has 0 aromatic carbocycles. The summed E-state index contributed by atoms with van der Waals surface area (Å²) in [5, 5.41) is 3.37. The monoisotopic (exact) mass is 334 g/mol. The number of hydrogen-bond acceptors (Lipinski definition) is 4. The van der Waals surface area contributed by atoms with Gasteiger partial charge in [0.25, 0.3) is 0 Å². The Morgan fingerprint density at radius 3 is 2.17 bits per heavy atom. The number of nitrogens with zero attached hydrogens (tertiary/aromatic N) is 3. The molecular weight excluding hydrogens is 300 g/mol. The molecule has 0 unspecified atom stereocenters. The number of nitrogens with one attached hydrogen (secondary N) is 1. The second-order valence-corrected chi connectivity index (χ2v) is 8.89. The number of hydrogen-bond donors (Lipinski definition) is 1. The Balaban J connectivity index is 1.20. The smallest absolute Gasteiger partial charge is 0.225 e. The predicted octanol–water partition coefficient (Wildman–Crippen LogP) is 1.00. The third-order valence-corrected chi connectivity index (χ3v) is 7.31. The minimum absolute atomic E-state index is 0.331. The molecule has 2 saturated heterocycles. The summed E-state index contributed by atoms with van der Waals surface area (Å²) in [4.78, 5) is 20.0. The molecule has 4 fully saturated rings. The lowest BCUT2D eigenvalue weighted by molar-refractivity contribution is -0.151. The number of piperazine rings is 1. The van der Waals surface area contributed by atoms with Gasteiger partial charge in [0.2, 0.25) is 5.91 Å². The Labute approximate surface area is 146 Å². The molecule has 24 heavy (non-hydrogen) atoms. The number of carbonyl (C=O) groups is 1. The van der Waals surface area contributed by atoms with E-state index in [4.69, 9.17) is 0 Å². The van der Waals surface area contributed by atoms with Crippen LogP contribution in [0.1, 0.15) is 38.5 Å². The average Bonchev–Trinajstić information content (AvgIpc) is 2.53. The zero-order chi connectivity index (χ0) is 16.7. The Bertz CT molecular complexity index is 452. The van der Waals surface area contributed by atoms with E-state index in [-0.39, 0.29) is 0 Å². The van der Waals surface area contributed by atoms with Crippen LogP contribution in [-0.2, 0) is 4.79 Å². The van der Waals surface area contributed by atoms with Gasteiger partial charge in [0.05, 0.1) is 0 Å². The van der Waals surface area contributed by atoms with Crippen molar-refractivity contribution < 1.29 is 4.79 Å². The molecule has 1 amide bonds. The largest absolute Gasteiger partial charge is 0.340 e. The summed E-state index contributed by atoms with van der Waals surface area (Å²) < 4.78 is 0. The Morgan fingerprint density at radius 1 is 0.958 bits per heavy atom. The van der Waals surface area contributed by atoms with Crippen molar-refractivity contribution in [3.8, 4) is 0 Å². The van der Waals surface area contributed by atoms with Crippen LogP contribution >= 0.6 is 0 Å². The van der Waals surface area contributed by atoms with Crippen LogP contribution < -0.4 is 5.32 Å². The Morgan fingerprint density at radius 2 is 1.58 bits per heavy atom. The maximum atomic E-state index is 12.8. The van der Waals surface area contributed by atoms with Crippen molar-refractivity contribution in [1.82, 2.24) is 20.0 Å². The van der Waals surface area contributed by atoms with Crippen LogP contribution in [0, 0.1) is 11.3 Å². The Kier molecular flexibility index (Phi) is 4.61. The number of piperidine rings is 1. The molecule has 2 heterocycles. The van der Waals surface area contributed by atoms with Crippen LogP contribution in [0.4, 0.5) is 0 Å². The lowest BCUT2D eigenvalue weighted by Crippen LogP contribution is -2.59. The van der Waals surface area contributed by atoms with Gasteiger partial charge in [-0.2, -0.15) is 0 Å². The minimum atomic E-state index is 0.331. The summed E-state index contributed by atoms with van der Waals surface area (Å²) >= 11 is 0. The van der Waals surface area contributed by atoms with Gasteiger partial charge < -0.3 is 15.1 Å². The Hall–Kier alpha value is -0.650.